The first kappa shape index (κ1) is 15.4. The molecule has 4 rings (SSSR count). The highest BCUT2D eigenvalue weighted by molar-refractivity contribution is 7.07. The quantitative estimate of drug-likeness (QED) is 0.541. The van der Waals surface area contributed by atoms with Crippen LogP contribution < -0.4 is 10.1 Å². The monoisotopic (exact) mass is 364 g/mol. The van der Waals surface area contributed by atoms with E-state index in [0.717, 1.165) is 5.69 Å². The van der Waals surface area contributed by atoms with Crippen molar-refractivity contribution in [2.45, 2.75) is 13.2 Å². The largest absolute Gasteiger partial charge is 0.417 e. The first-order valence-electron chi connectivity index (χ1n) is 7.00. The second kappa shape index (κ2) is 6.39. The second-order valence-electron chi connectivity index (χ2n) is 4.87. The van der Waals surface area contributed by atoms with Crippen LogP contribution in [0.5, 0.6) is 5.88 Å². The molecule has 0 fully saturated rings. The van der Waals surface area contributed by atoms with Crippen molar-refractivity contribution in [2.24, 2.45) is 0 Å². The van der Waals surface area contributed by atoms with Crippen LogP contribution in [0.4, 0.5) is 20.4 Å². The lowest BCUT2D eigenvalue weighted by Gasteiger charge is -2.03. The van der Waals surface area contributed by atoms with Crippen LogP contribution in [0.15, 0.2) is 29.4 Å². The Bertz CT molecular complexity index is 983. The molecule has 0 spiro atoms. The van der Waals surface area contributed by atoms with Crippen LogP contribution in [0.2, 0.25) is 0 Å². The Morgan fingerprint density at radius 2 is 2.20 bits per heavy atom. The van der Waals surface area contributed by atoms with E-state index in [9.17, 15) is 8.78 Å². The van der Waals surface area contributed by atoms with Crippen molar-refractivity contribution >= 4 is 34.1 Å². The number of thiazole rings is 1. The smallest absolute Gasteiger partial charge is 0.388 e. The minimum Gasteiger partial charge on any atom is -0.417 e. The molecule has 4 aromatic rings. The molecule has 128 valence electrons. The summed E-state index contributed by atoms with van der Waals surface area (Å²) in [6.45, 7) is -2.45. The van der Waals surface area contributed by atoms with Crippen molar-refractivity contribution in [3.63, 3.8) is 0 Å². The minimum atomic E-state index is -2.93. The highest BCUT2D eigenvalue weighted by atomic mass is 32.1. The third-order valence-corrected chi connectivity index (χ3v) is 3.80. The Morgan fingerprint density at radius 3 is 3.00 bits per heavy atom. The number of hydrogen-bond donors (Lipinski definition) is 2. The number of rotatable bonds is 6. The van der Waals surface area contributed by atoms with Crippen LogP contribution in [0.3, 0.4) is 0 Å². The molecule has 0 radical (unpaired) electrons. The molecule has 0 aliphatic rings. The van der Waals surface area contributed by atoms with Gasteiger partial charge in [0.1, 0.15) is 5.52 Å². The van der Waals surface area contributed by atoms with Gasteiger partial charge >= 0.3 is 6.61 Å². The number of aromatic amines is 1. The third-order valence-electron chi connectivity index (χ3n) is 3.17. The molecule has 0 aliphatic heterocycles. The van der Waals surface area contributed by atoms with Gasteiger partial charge in [0, 0.05) is 11.4 Å². The molecule has 12 heteroatoms. The van der Waals surface area contributed by atoms with Crippen molar-refractivity contribution < 1.29 is 13.5 Å². The maximum Gasteiger partial charge on any atom is 0.388 e. The highest BCUT2D eigenvalue weighted by Gasteiger charge is 2.11. The average Bonchev–Trinajstić information content (AvgIpc) is 3.30. The molecule has 25 heavy (non-hydrogen) atoms. The molecule has 0 aliphatic carbocycles. The number of nitrogens with one attached hydrogen (secondary N) is 2. The van der Waals surface area contributed by atoms with Gasteiger partial charge in [0.25, 0.3) is 0 Å². The fourth-order valence-corrected chi connectivity index (χ4v) is 2.70. The first-order valence-corrected chi connectivity index (χ1v) is 7.94. The van der Waals surface area contributed by atoms with Crippen LogP contribution in [-0.2, 0) is 6.54 Å². The van der Waals surface area contributed by atoms with E-state index in [-0.39, 0.29) is 11.7 Å². The van der Waals surface area contributed by atoms with Gasteiger partial charge in [0.15, 0.2) is 17.3 Å². The normalized spacial score (nSPS) is 11.3. The van der Waals surface area contributed by atoms with Crippen LogP contribution in [0.25, 0.3) is 11.2 Å². The Labute approximate surface area is 142 Å². The van der Waals surface area contributed by atoms with Gasteiger partial charge in [-0.2, -0.15) is 19.0 Å². The molecular formula is C13H10F2N8OS. The molecule has 9 nitrogen and oxygen atoms in total. The molecule has 0 unspecified atom stereocenters. The van der Waals surface area contributed by atoms with Crippen LogP contribution in [-0.4, -0.2) is 41.5 Å². The summed E-state index contributed by atoms with van der Waals surface area (Å²) in [5.74, 6) is 0.512. The van der Waals surface area contributed by atoms with E-state index < -0.39 is 6.61 Å². The lowest BCUT2D eigenvalue weighted by Crippen LogP contribution is -2.04. The van der Waals surface area contributed by atoms with E-state index in [1.807, 2.05) is 5.38 Å². The Morgan fingerprint density at radius 1 is 1.28 bits per heavy atom. The topological polar surface area (TPSA) is 106 Å². The lowest BCUT2D eigenvalue weighted by molar-refractivity contribution is -0.0528. The zero-order valence-corrected chi connectivity index (χ0v) is 13.2. The average molecular weight is 364 g/mol. The van der Waals surface area contributed by atoms with Gasteiger partial charge in [-0.3, -0.25) is 0 Å². The summed E-state index contributed by atoms with van der Waals surface area (Å²) in [5, 5.41) is 15.2. The zero-order chi connectivity index (χ0) is 17.2. The van der Waals surface area contributed by atoms with E-state index in [1.54, 1.807) is 16.4 Å². The molecule has 0 amide bonds. The molecule has 0 saturated heterocycles. The Hall–Kier alpha value is -3.15. The van der Waals surface area contributed by atoms with Crippen molar-refractivity contribution in [3.8, 4) is 5.88 Å². The van der Waals surface area contributed by atoms with Gasteiger partial charge in [-0.15, -0.1) is 11.3 Å². The number of alkyl halides is 2. The molecule has 0 bridgehead atoms. The SMILES string of the molecule is FC(F)Oc1cc(Nc2cnc3cnn(Cc4cscn4)c3n2)n[nH]1. The number of H-pyrrole nitrogens is 1. The molecule has 2 N–H and O–H groups in total. The van der Waals surface area contributed by atoms with Gasteiger partial charge in [-0.1, -0.05) is 0 Å². The second-order valence-corrected chi connectivity index (χ2v) is 5.59. The molecule has 4 aromatic heterocycles. The summed E-state index contributed by atoms with van der Waals surface area (Å²) in [6, 6.07) is 1.30. The summed E-state index contributed by atoms with van der Waals surface area (Å²) in [7, 11) is 0. The van der Waals surface area contributed by atoms with E-state index >= 15 is 0 Å². The van der Waals surface area contributed by atoms with Crippen LogP contribution in [0.1, 0.15) is 5.69 Å². The Balaban J connectivity index is 1.57. The summed E-state index contributed by atoms with van der Waals surface area (Å²) < 4.78 is 30.2. The number of ether oxygens (including phenoxy) is 1. The van der Waals surface area contributed by atoms with Gasteiger partial charge in [0.2, 0.25) is 5.88 Å². The number of hydrogen-bond acceptors (Lipinski definition) is 8. The third kappa shape index (κ3) is 3.38. The number of nitrogens with zero attached hydrogens (tertiary/aromatic N) is 6. The molecular weight excluding hydrogens is 354 g/mol. The standard InChI is InChI=1S/C13H10F2N8OS/c14-13(15)24-11-1-9(21-22-11)19-10-3-16-8-2-18-23(12(8)20-10)4-7-5-25-6-17-7/h1-3,5-6,13H,4H2,(H2,19,20,21,22). The fourth-order valence-electron chi connectivity index (χ4n) is 2.15. The lowest BCUT2D eigenvalue weighted by atomic mass is 10.4. The first-order chi connectivity index (χ1) is 12.2. The highest BCUT2D eigenvalue weighted by Crippen LogP contribution is 2.20. The maximum absolute atomic E-state index is 12.2. The van der Waals surface area contributed by atoms with Gasteiger partial charge in [-0.25, -0.2) is 24.7 Å². The fraction of sp³-hybridized carbons (Fsp3) is 0.154. The van der Waals surface area contributed by atoms with Crippen molar-refractivity contribution in [1.29, 1.82) is 0 Å². The predicted octanol–water partition coefficient (Wildman–Crippen LogP) is 2.40. The van der Waals surface area contributed by atoms with Crippen LogP contribution >= 0.6 is 11.3 Å². The number of aromatic nitrogens is 7. The summed E-state index contributed by atoms with van der Waals surface area (Å²) in [4.78, 5) is 12.9. The number of fused-ring (bicyclic) bond motifs is 1. The number of anilines is 2. The summed E-state index contributed by atoms with van der Waals surface area (Å²) >= 11 is 1.50. The minimum absolute atomic E-state index is 0.153. The number of halogens is 2. The van der Waals surface area contributed by atoms with Crippen molar-refractivity contribution in [3.05, 3.63) is 35.0 Å². The summed E-state index contributed by atoms with van der Waals surface area (Å²) in [5.41, 5.74) is 3.81. The molecule has 4 heterocycles. The van der Waals surface area contributed by atoms with E-state index in [4.69, 9.17) is 0 Å². The van der Waals surface area contributed by atoms with Gasteiger partial charge in [0.05, 0.1) is 30.1 Å². The van der Waals surface area contributed by atoms with E-state index in [1.165, 1.54) is 23.6 Å². The van der Waals surface area contributed by atoms with Gasteiger partial charge < -0.3 is 10.1 Å². The van der Waals surface area contributed by atoms with Crippen LogP contribution in [0, 0.1) is 0 Å². The van der Waals surface area contributed by atoms with E-state index in [0.29, 0.717) is 23.5 Å². The summed E-state index contributed by atoms with van der Waals surface area (Å²) in [6.07, 6.45) is 3.11. The predicted molar refractivity (Wildman–Crippen MR) is 85.0 cm³/mol. The van der Waals surface area contributed by atoms with Crippen molar-refractivity contribution in [1.82, 2.24) is 34.9 Å². The zero-order valence-electron chi connectivity index (χ0n) is 12.4. The maximum atomic E-state index is 12.2. The van der Waals surface area contributed by atoms with E-state index in [2.05, 4.69) is 40.3 Å². The van der Waals surface area contributed by atoms with Gasteiger partial charge in [-0.05, 0) is 0 Å². The van der Waals surface area contributed by atoms with Crippen molar-refractivity contribution in [2.75, 3.05) is 5.32 Å². The Kier molecular flexibility index (Phi) is 3.93. The molecule has 0 saturated carbocycles. The molecule has 0 atom stereocenters. The molecule has 0 aromatic carbocycles.